The van der Waals surface area contributed by atoms with Crippen molar-refractivity contribution in [3.63, 3.8) is 0 Å². The molecule has 1 aliphatic rings. The Kier molecular flexibility index (Phi) is 6.42. The number of methoxy groups -OCH3 is 2. The lowest BCUT2D eigenvalue weighted by Crippen LogP contribution is -2.61. The molecule has 3 N–H and O–H groups in total. The number of nitrogens with two attached hydrogens (primary N) is 1. The van der Waals surface area contributed by atoms with Gasteiger partial charge in [-0.15, -0.1) is 9.93 Å². The molecular weight excluding hydrogens is 428 g/mol. The number of benzene rings is 1. The van der Waals surface area contributed by atoms with E-state index in [1.807, 2.05) is 24.0 Å². The van der Waals surface area contributed by atoms with Crippen molar-refractivity contribution in [3.05, 3.63) is 29.6 Å². The van der Waals surface area contributed by atoms with Gasteiger partial charge in [-0.3, -0.25) is 0 Å². The fourth-order valence-corrected chi connectivity index (χ4v) is 3.92. The van der Waals surface area contributed by atoms with Crippen LogP contribution in [-0.4, -0.2) is 82.0 Å². The molecule has 3 heterocycles. The molecule has 2 aromatic heterocycles. The molecule has 1 unspecified atom stereocenters. The van der Waals surface area contributed by atoms with E-state index in [4.69, 9.17) is 20.2 Å². The maximum absolute atomic E-state index is 12.4. The lowest BCUT2D eigenvalue weighted by atomic mass is 10.1. The minimum absolute atomic E-state index is 0.0928. The number of aromatic nitrogens is 4. The summed E-state index contributed by atoms with van der Waals surface area (Å²) in [6.07, 6.45) is 2.21. The first kappa shape index (κ1) is 22.9. The zero-order chi connectivity index (χ0) is 23.6. The summed E-state index contributed by atoms with van der Waals surface area (Å²) >= 11 is 0. The number of hydrogen-bond acceptors (Lipinski definition) is 11. The van der Waals surface area contributed by atoms with Gasteiger partial charge in [0.1, 0.15) is 6.54 Å². The second-order valence-electron chi connectivity index (χ2n) is 7.73. The summed E-state index contributed by atoms with van der Waals surface area (Å²) in [6, 6.07) is 5.50. The van der Waals surface area contributed by atoms with Crippen molar-refractivity contribution in [3.8, 4) is 22.8 Å². The highest BCUT2D eigenvalue weighted by Crippen LogP contribution is 2.33. The Hall–Kier alpha value is -3.32. The Morgan fingerprint density at radius 3 is 2.48 bits per heavy atom. The average molecular weight is 457 g/mol. The van der Waals surface area contributed by atoms with E-state index in [0.29, 0.717) is 66.8 Å². The van der Waals surface area contributed by atoms with Crippen LogP contribution in [0.2, 0.25) is 0 Å². The van der Waals surface area contributed by atoms with E-state index in [9.17, 15) is 10.4 Å². The van der Waals surface area contributed by atoms with Crippen LogP contribution in [-0.2, 0) is 0 Å². The van der Waals surface area contributed by atoms with Crippen LogP contribution in [0.25, 0.3) is 22.4 Å². The van der Waals surface area contributed by atoms with Crippen molar-refractivity contribution in [2.75, 3.05) is 57.6 Å². The molecule has 0 saturated carbocycles. The third-order valence-corrected chi connectivity index (χ3v) is 5.60. The molecule has 1 fully saturated rings. The normalized spacial score (nSPS) is 16.6. The van der Waals surface area contributed by atoms with E-state index < -0.39 is 4.92 Å². The van der Waals surface area contributed by atoms with Gasteiger partial charge in [0.2, 0.25) is 5.95 Å². The van der Waals surface area contributed by atoms with Gasteiger partial charge >= 0.3 is 0 Å². The van der Waals surface area contributed by atoms with E-state index in [2.05, 4.69) is 15.0 Å². The Balaban J connectivity index is 1.67. The highest BCUT2D eigenvalue weighted by Gasteiger charge is 2.30. The predicted molar refractivity (Wildman–Crippen MR) is 122 cm³/mol. The molecule has 12 nitrogen and oxygen atoms in total. The summed E-state index contributed by atoms with van der Waals surface area (Å²) < 4.78 is 10.7. The van der Waals surface area contributed by atoms with E-state index in [1.165, 1.54) is 5.01 Å². The van der Waals surface area contributed by atoms with Gasteiger partial charge in [0.15, 0.2) is 28.5 Å². The number of nitrogen functional groups attached to an aromatic ring is 1. The quantitative estimate of drug-likeness (QED) is 0.396. The van der Waals surface area contributed by atoms with Gasteiger partial charge in [0, 0.05) is 18.7 Å². The number of piperazine rings is 1. The molecule has 1 atom stereocenters. The summed E-state index contributed by atoms with van der Waals surface area (Å²) in [5.41, 5.74) is 8.23. The van der Waals surface area contributed by atoms with Gasteiger partial charge in [0.25, 0.3) is 0 Å². The summed E-state index contributed by atoms with van der Waals surface area (Å²) in [4.78, 5) is 18.5. The maximum Gasteiger partial charge on any atom is 0.224 e. The second kappa shape index (κ2) is 9.27. The zero-order valence-electron chi connectivity index (χ0n) is 18.9. The fraction of sp³-hybridized carbons (Fsp3) is 0.429. The number of anilines is 2. The fourth-order valence-electron chi connectivity index (χ4n) is 3.92. The zero-order valence-corrected chi connectivity index (χ0v) is 18.9. The number of ether oxygens (including phenoxy) is 2. The average Bonchev–Trinajstić information content (AvgIpc) is 2.82. The Bertz CT molecular complexity index is 1130. The molecule has 0 amide bonds. The summed E-state index contributed by atoms with van der Waals surface area (Å²) in [5.74, 6) is 1.83. The summed E-state index contributed by atoms with van der Waals surface area (Å²) in [5, 5.41) is 24.0. The molecule has 12 heteroatoms. The Labute approximate surface area is 191 Å². The monoisotopic (exact) mass is 456 g/mol. The standard InChI is InChI=1S/C21H28N8O4/c1-4-11-29(30,31)28-9-7-27(8-10-28)20-18-19(25-21(22)26-20)23-13-15(24-18)14-5-6-16(32-2)17(12-14)33-3/h5-6,12-13,30H,4,7-11H2,1-3H3,(H2,22,23,25,26). The minimum atomic E-state index is -1.36. The molecule has 1 aromatic carbocycles. The first-order valence-corrected chi connectivity index (χ1v) is 10.7. The molecule has 0 bridgehead atoms. The van der Waals surface area contributed by atoms with Gasteiger partial charge in [-0.05, 0) is 24.6 Å². The van der Waals surface area contributed by atoms with Crippen LogP contribution in [0, 0.1) is 5.21 Å². The molecule has 1 aliphatic heterocycles. The molecular formula is C21H28N8O4. The smallest absolute Gasteiger partial charge is 0.224 e. The van der Waals surface area contributed by atoms with Crippen LogP contribution in [0.3, 0.4) is 0 Å². The number of nitrogens with zero attached hydrogens (tertiary/aromatic N) is 7. The van der Waals surface area contributed by atoms with Gasteiger partial charge in [0.05, 0.1) is 39.2 Å². The van der Waals surface area contributed by atoms with Crippen LogP contribution >= 0.6 is 0 Å². The first-order chi connectivity index (χ1) is 15.9. The molecule has 4 rings (SSSR count). The van der Waals surface area contributed by atoms with Crippen molar-refractivity contribution in [1.82, 2.24) is 24.9 Å². The van der Waals surface area contributed by atoms with Crippen molar-refractivity contribution in [2.24, 2.45) is 0 Å². The van der Waals surface area contributed by atoms with Crippen molar-refractivity contribution in [1.29, 1.82) is 0 Å². The largest absolute Gasteiger partial charge is 0.578 e. The van der Waals surface area contributed by atoms with Crippen LogP contribution in [0.4, 0.5) is 11.8 Å². The molecule has 0 aliphatic carbocycles. The Morgan fingerprint density at radius 2 is 1.82 bits per heavy atom. The van der Waals surface area contributed by atoms with Crippen molar-refractivity contribution < 1.29 is 19.6 Å². The summed E-state index contributed by atoms with van der Waals surface area (Å²) in [7, 11) is 3.15. The van der Waals surface area contributed by atoms with E-state index >= 15 is 0 Å². The first-order valence-electron chi connectivity index (χ1n) is 10.7. The third kappa shape index (κ3) is 4.59. The van der Waals surface area contributed by atoms with Crippen molar-refractivity contribution >= 4 is 22.9 Å². The van der Waals surface area contributed by atoms with Gasteiger partial charge < -0.3 is 25.3 Å². The lowest BCUT2D eigenvalue weighted by Gasteiger charge is -2.45. The molecule has 0 spiro atoms. The third-order valence-electron chi connectivity index (χ3n) is 5.60. The highest BCUT2D eigenvalue weighted by molar-refractivity contribution is 5.86. The second-order valence-corrected chi connectivity index (χ2v) is 7.73. The van der Waals surface area contributed by atoms with Crippen LogP contribution in [0.15, 0.2) is 24.4 Å². The van der Waals surface area contributed by atoms with Crippen LogP contribution in [0.1, 0.15) is 13.3 Å². The SMILES string of the molecule is CCC[N+]([O-])(O)N1CCN(c2nc(N)nc3ncc(-c4ccc(OC)c(OC)c4)nc23)CC1. The number of fused-ring (bicyclic) bond motifs is 1. The summed E-state index contributed by atoms with van der Waals surface area (Å²) in [6.45, 7) is 3.66. The predicted octanol–water partition coefficient (Wildman–Crippen LogP) is 1.84. The molecule has 3 aromatic rings. The molecule has 1 saturated heterocycles. The van der Waals surface area contributed by atoms with Gasteiger partial charge in [-0.25, -0.2) is 9.97 Å². The van der Waals surface area contributed by atoms with E-state index in [1.54, 1.807) is 26.5 Å². The number of quaternary nitrogens is 1. The topological polar surface area (TPSA) is 146 Å². The van der Waals surface area contributed by atoms with Gasteiger partial charge in [-0.1, -0.05) is 6.92 Å². The van der Waals surface area contributed by atoms with Crippen molar-refractivity contribution in [2.45, 2.75) is 13.3 Å². The lowest BCUT2D eigenvalue weighted by molar-refractivity contribution is -1.15. The van der Waals surface area contributed by atoms with Crippen LogP contribution < -0.4 is 20.1 Å². The number of hydroxylamine groups is 2. The van der Waals surface area contributed by atoms with Crippen LogP contribution in [0.5, 0.6) is 11.5 Å². The van der Waals surface area contributed by atoms with E-state index in [-0.39, 0.29) is 12.5 Å². The maximum atomic E-state index is 12.4. The van der Waals surface area contributed by atoms with Gasteiger partial charge in [-0.2, -0.15) is 15.2 Å². The minimum Gasteiger partial charge on any atom is -0.578 e. The molecule has 33 heavy (non-hydrogen) atoms. The molecule has 176 valence electrons. The molecule has 0 radical (unpaired) electrons. The Morgan fingerprint density at radius 1 is 1.09 bits per heavy atom. The number of hydrogen-bond donors (Lipinski definition) is 2. The number of rotatable bonds is 7. The highest BCUT2D eigenvalue weighted by atomic mass is 16.9. The van der Waals surface area contributed by atoms with E-state index in [0.717, 1.165) is 5.56 Å².